The van der Waals surface area contributed by atoms with Crippen LogP contribution in [-0.2, 0) is 22.6 Å². The molecule has 2 N–H and O–H groups in total. The Hall–Kier alpha value is -3.03. The number of fused-ring (bicyclic) bond motifs is 1. The highest BCUT2D eigenvalue weighted by Gasteiger charge is 2.26. The van der Waals surface area contributed by atoms with Crippen LogP contribution in [0.2, 0.25) is 0 Å². The van der Waals surface area contributed by atoms with Gasteiger partial charge in [-0.1, -0.05) is 24.3 Å². The van der Waals surface area contributed by atoms with E-state index < -0.39 is 17.6 Å². The number of nitrogens with zero attached hydrogens (tertiary/aromatic N) is 1. The van der Waals surface area contributed by atoms with Crippen LogP contribution >= 0.6 is 11.3 Å². The third kappa shape index (κ3) is 4.75. The summed E-state index contributed by atoms with van der Waals surface area (Å²) in [6.07, 6.45) is 0.954. The van der Waals surface area contributed by atoms with Crippen molar-refractivity contribution in [2.45, 2.75) is 19.0 Å². The number of anilines is 1. The maximum atomic E-state index is 13.0. The van der Waals surface area contributed by atoms with Gasteiger partial charge in [0, 0.05) is 25.3 Å². The number of carbonyl (C=O) groups is 2. The lowest BCUT2D eigenvalue weighted by atomic mass is 9.97. The third-order valence-corrected chi connectivity index (χ3v) is 5.99. The van der Waals surface area contributed by atoms with Gasteiger partial charge in [0.2, 0.25) is 0 Å². The zero-order chi connectivity index (χ0) is 20.9. The molecule has 0 aliphatic carbocycles. The van der Waals surface area contributed by atoms with Gasteiger partial charge in [-0.15, -0.1) is 0 Å². The molecule has 1 unspecified atom stereocenters. The summed E-state index contributed by atoms with van der Waals surface area (Å²) in [5, 5.41) is 9.35. The van der Waals surface area contributed by atoms with Crippen molar-refractivity contribution in [3.05, 3.63) is 87.9 Å². The zero-order valence-corrected chi connectivity index (χ0v) is 17.1. The van der Waals surface area contributed by atoms with Crippen LogP contribution < -0.4 is 10.6 Å². The van der Waals surface area contributed by atoms with Gasteiger partial charge in [0.05, 0.1) is 6.04 Å². The summed E-state index contributed by atoms with van der Waals surface area (Å²) in [6.45, 7) is 2.01. The lowest BCUT2D eigenvalue weighted by Gasteiger charge is -2.35. The topological polar surface area (TPSA) is 61.4 Å². The van der Waals surface area contributed by atoms with E-state index in [9.17, 15) is 14.0 Å². The first-order valence-electron chi connectivity index (χ1n) is 9.78. The standard InChI is InChI=1S/C23H22FN3O2S/c24-19-5-7-20(8-6-19)26-23(29)22(28)25-13-21(18-10-12-30-15-18)27-11-9-16-3-1-2-4-17(16)14-27/h1-8,10,12,15,21H,9,11,13-14H2,(H,25,28)(H,26,29). The molecule has 5 nitrogen and oxygen atoms in total. The molecule has 0 spiro atoms. The SMILES string of the molecule is O=C(NCC(c1ccsc1)N1CCc2ccccc2C1)C(=O)Nc1ccc(F)cc1. The molecule has 0 radical (unpaired) electrons. The minimum Gasteiger partial charge on any atom is -0.346 e. The molecule has 154 valence electrons. The van der Waals surface area contributed by atoms with Gasteiger partial charge in [0.25, 0.3) is 0 Å². The van der Waals surface area contributed by atoms with Crippen LogP contribution in [0.4, 0.5) is 10.1 Å². The second-order valence-corrected chi connectivity index (χ2v) is 8.01. The van der Waals surface area contributed by atoms with Crippen LogP contribution in [-0.4, -0.2) is 29.8 Å². The van der Waals surface area contributed by atoms with Crippen molar-refractivity contribution in [2.75, 3.05) is 18.4 Å². The van der Waals surface area contributed by atoms with Gasteiger partial charge >= 0.3 is 11.8 Å². The van der Waals surface area contributed by atoms with Crippen LogP contribution in [0.25, 0.3) is 0 Å². The van der Waals surface area contributed by atoms with E-state index in [1.54, 1.807) is 11.3 Å². The maximum Gasteiger partial charge on any atom is 0.313 e. The van der Waals surface area contributed by atoms with E-state index in [2.05, 4.69) is 45.2 Å². The molecular weight excluding hydrogens is 401 g/mol. The zero-order valence-electron chi connectivity index (χ0n) is 16.3. The Labute approximate surface area is 178 Å². The van der Waals surface area contributed by atoms with Gasteiger partial charge in [-0.3, -0.25) is 14.5 Å². The molecule has 2 aromatic carbocycles. The Morgan fingerprint density at radius 3 is 2.53 bits per heavy atom. The quantitative estimate of drug-likeness (QED) is 0.615. The van der Waals surface area contributed by atoms with E-state index in [0.29, 0.717) is 12.2 Å². The van der Waals surface area contributed by atoms with E-state index >= 15 is 0 Å². The molecule has 3 aromatic rings. The number of amides is 2. The van der Waals surface area contributed by atoms with Gasteiger partial charge in [-0.25, -0.2) is 4.39 Å². The number of thiophene rings is 1. The van der Waals surface area contributed by atoms with Gasteiger partial charge in [-0.2, -0.15) is 11.3 Å². The second kappa shape index (κ2) is 9.19. The fourth-order valence-corrected chi connectivity index (χ4v) is 4.40. The molecule has 2 amide bonds. The Bertz CT molecular complexity index is 1020. The number of hydrogen-bond donors (Lipinski definition) is 2. The largest absolute Gasteiger partial charge is 0.346 e. The minimum absolute atomic E-state index is 0.0211. The molecule has 0 saturated carbocycles. The van der Waals surface area contributed by atoms with E-state index in [4.69, 9.17) is 0 Å². The number of rotatable bonds is 5. The van der Waals surface area contributed by atoms with Crippen molar-refractivity contribution >= 4 is 28.8 Å². The van der Waals surface area contributed by atoms with Gasteiger partial charge in [0.1, 0.15) is 5.82 Å². The molecule has 2 heterocycles. The number of hydrogen-bond acceptors (Lipinski definition) is 4. The lowest BCUT2D eigenvalue weighted by Crippen LogP contribution is -2.43. The highest BCUT2D eigenvalue weighted by atomic mass is 32.1. The molecule has 0 saturated heterocycles. The smallest absolute Gasteiger partial charge is 0.313 e. The predicted molar refractivity (Wildman–Crippen MR) is 116 cm³/mol. The molecule has 1 aromatic heterocycles. The summed E-state index contributed by atoms with van der Waals surface area (Å²) in [7, 11) is 0. The van der Waals surface area contributed by atoms with Crippen LogP contribution in [0.5, 0.6) is 0 Å². The Morgan fingerprint density at radius 2 is 1.80 bits per heavy atom. The molecule has 1 atom stereocenters. The lowest BCUT2D eigenvalue weighted by molar-refractivity contribution is -0.136. The van der Waals surface area contributed by atoms with Crippen molar-refractivity contribution in [1.82, 2.24) is 10.2 Å². The summed E-state index contributed by atoms with van der Waals surface area (Å²) in [5.74, 6) is -1.88. The highest BCUT2D eigenvalue weighted by Crippen LogP contribution is 2.28. The Morgan fingerprint density at radius 1 is 1.03 bits per heavy atom. The predicted octanol–water partition coefficient (Wildman–Crippen LogP) is 3.74. The normalized spacial score (nSPS) is 14.6. The van der Waals surface area contributed by atoms with E-state index in [1.165, 1.54) is 35.4 Å². The van der Waals surface area contributed by atoms with Crippen molar-refractivity contribution < 1.29 is 14.0 Å². The van der Waals surface area contributed by atoms with Crippen molar-refractivity contribution in [3.8, 4) is 0 Å². The van der Waals surface area contributed by atoms with Crippen LogP contribution in [0.3, 0.4) is 0 Å². The van der Waals surface area contributed by atoms with Gasteiger partial charge in [0.15, 0.2) is 0 Å². The second-order valence-electron chi connectivity index (χ2n) is 7.23. The molecule has 0 fully saturated rings. The van der Waals surface area contributed by atoms with Gasteiger partial charge < -0.3 is 10.6 Å². The average molecular weight is 424 g/mol. The van der Waals surface area contributed by atoms with Crippen LogP contribution in [0, 0.1) is 5.82 Å². The van der Waals surface area contributed by atoms with Crippen molar-refractivity contribution in [1.29, 1.82) is 0 Å². The first-order valence-corrected chi connectivity index (χ1v) is 10.7. The van der Waals surface area contributed by atoms with Crippen molar-refractivity contribution in [3.63, 3.8) is 0 Å². The number of carbonyl (C=O) groups excluding carboxylic acids is 2. The molecule has 0 bridgehead atoms. The molecule has 4 rings (SSSR count). The fraction of sp³-hybridized carbons (Fsp3) is 0.217. The highest BCUT2D eigenvalue weighted by molar-refractivity contribution is 7.08. The first kappa shape index (κ1) is 20.3. The number of nitrogens with one attached hydrogen (secondary N) is 2. The maximum absolute atomic E-state index is 13.0. The summed E-state index contributed by atoms with van der Waals surface area (Å²) >= 11 is 1.61. The number of halogens is 1. The summed E-state index contributed by atoms with van der Waals surface area (Å²) in [5.41, 5.74) is 4.15. The molecule has 1 aliphatic heterocycles. The van der Waals surface area contributed by atoms with E-state index in [0.717, 1.165) is 25.1 Å². The Balaban J connectivity index is 1.41. The summed E-state index contributed by atoms with van der Waals surface area (Å²) in [4.78, 5) is 26.9. The average Bonchev–Trinajstić information content (AvgIpc) is 3.30. The monoisotopic (exact) mass is 423 g/mol. The molecule has 1 aliphatic rings. The molecule has 7 heteroatoms. The van der Waals surface area contributed by atoms with Gasteiger partial charge in [-0.05, 0) is 64.2 Å². The van der Waals surface area contributed by atoms with E-state index in [-0.39, 0.29) is 6.04 Å². The molecular formula is C23H22FN3O2S. The third-order valence-electron chi connectivity index (χ3n) is 5.29. The van der Waals surface area contributed by atoms with Crippen molar-refractivity contribution in [2.24, 2.45) is 0 Å². The van der Waals surface area contributed by atoms with Crippen LogP contribution in [0.15, 0.2) is 65.4 Å². The first-order chi connectivity index (χ1) is 14.6. The van der Waals surface area contributed by atoms with E-state index in [1.807, 2.05) is 11.4 Å². The Kier molecular flexibility index (Phi) is 6.21. The number of benzene rings is 2. The molecule has 30 heavy (non-hydrogen) atoms. The summed E-state index contributed by atoms with van der Waals surface area (Å²) < 4.78 is 13.0. The summed E-state index contributed by atoms with van der Waals surface area (Å²) in [6, 6.07) is 15.7. The minimum atomic E-state index is -0.769. The van der Waals surface area contributed by atoms with Crippen LogP contribution in [0.1, 0.15) is 22.7 Å². The fourth-order valence-electron chi connectivity index (χ4n) is 3.70.